The lowest BCUT2D eigenvalue weighted by molar-refractivity contribution is -0.201. The van der Waals surface area contributed by atoms with Gasteiger partial charge >= 0.3 is 5.97 Å². The molecule has 0 bridgehead atoms. The summed E-state index contributed by atoms with van der Waals surface area (Å²) in [7, 11) is 0. The van der Waals surface area contributed by atoms with Crippen LogP contribution >= 0.6 is 0 Å². The van der Waals surface area contributed by atoms with E-state index in [9.17, 15) is 4.79 Å². The molecule has 1 aromatic carbocycles. The smallest absolute Gasteiger partial charge is 0.330 e. The van der Waals surface area contributed by atoms with Crippen LogP contribution in [0.5, 0.6) is 0 Å². The molecule has 0 radical (unpaired) electrons. The highest BCUT2D eigenvalue weighted by atomic mass is 16.7. The number of anilines is 4. The minimum atomic E-state index is -0.509. The van der Waals surface area contributed by atoms with Crippen molar-refractivity contribution in [1.29, 1.82) is 0 Å². The number of rotatable bonds is 5. The maximum Gasteiger partial charge on any atom is 0.330 e. The molecular weight excluding hydrogens is 408 g/mol. The maximum absolute atomic E-state index is 12.1. The number of ether oxygens (including phenoxy) is 1. The summed E-state index contributed by atoms with van der Waals surface area (Å²) < 4.78 is 5.42. The zero-order valence-electron chi connectivity index (χ0n) is 19.1. The second-order valence-electron chi connectivity index (χ2n) is 9.05. The third-order valence-electron chi connectivity index (χ3n) is 5.53. The lowest BCUT2D eigenvalue weighted by Gasteiger charge is -2.35. The van der Waals surface area contributed by atoms with E-state index in [1.807, 2.05) is 39.0 Å². The molecule has 2 saturated heterocycles. The number of carbonyl (C=O) groups is 1. The van der Waals surface area contributed by atoms with Gasteiger partial charge in [0.2, 0.25) is 5.95 Å². The molecule has 3 heterocycles. The summed E-state index contributed by atoms with van der Waals surface area (Å²) in [6, 6.07) is 10.2. The summed E-state index contributed by atoms with van der Waals surface area (Å²) >= 11 is 0. The number of carbonyl (C=O) groups excluding carboxylic acids is 1. The van der Waals surface area contributed by atoms with Gasteiger partial charge in [0.25, 0.3) is 0 Å². The number of piperazine rings is 1. The molecule has 1 N–H and O–H groups in total. The predicted molar refractivity (Wildman–Crippen MR) is 124 cm³/mol. The molecule has 0 unspecified atom stereocenters. The molecule has 4 rings (SSSR count). The number of hydrogen-bond donors (Lipinski definition) is 1. The Kier molecular flexibility index (Phi) is 6.76. The molecule has 0 amide bonds. The van der Waals surface area contributed by atoms with Crippen LogP contribution in [-0.4, -0.2) is 73.5 Å². The fraction of sp³-hybridized carbons (Fsp3) is 0.522. The molecule has 172 valence electrons. The summed E-state index contributed by atoms with van der Waals surface area (Å²) in [5.41, 5.74) is 1.63. The van der Waals surface area contributed by atoms with Crippen LogP contribution in [0.1, 0.15) is 20.8 Å². The zero-order chi connectivity index (χ0) is 22.6. The molecule has 32 heavy (non-hydrogen) atoms. The lowest BCUT2D eigenvalue weighted by Crippen LogP contribution is -2.48. The van der Waals surface area contributed by atoms with Crippen LogP contribution in [-0.2, 0) is 14.4 Å². The summed E-state index contributed by atoms with van der Waals surface area (Å²) in [6.45, 7) is 11.7. The molecule has 2 aliphatic heterocycles. The molecule has 9 heteroatoms. The van der Waals surface area contributed by atoms with Gasteiger partial charge in [-0.25, -0.2) is 9.78 Å². The molecule has 2 aromatic rings. The molecule has 9 nitrogen and oxygen atoms in total. The summed E-state index contributed by atoms with van der Waals surface area (Å²) in [4.78, 5) is 31.2. The van der Waals surface area contributed by atoms with Gasteiger partial charge in [-0.1, -0.05) is 0 Å². The number of nitrogens with zero attached hydrogens (tertiary/aromatic N) is 5. The van der Waals surface area contributed by atoms with Gasteiger partial charge in [-0.2, -0.15) is 4.98 Å². The highest BCUT2D eigenvalue weighted by Crippen LogP contribution is 2.22. The van der Waals surface area contributed by atoms with E-state index in [2.05, 4.69) is 37.2 Å². The molecule has 0 aliphatic carbocycles. The highest BCUT2D eigenvalue weighted by Gasteiger charge is 2.28. The van der Waals surface area contributed by atoms with Crippen molar-refractivity contribution in [2.75, 3.05) is 67.6 Å². The monoisotopic (exact) mass is 440 g/mol. The van der Waals surface area contributed by atoms with Crippen molar-refractivity contribution in [1.82, 2.24) is 15.0 Å². The van der Waals surface area contributed by atoms with Gasteiger partial charge in [0, 0.05) is 43.8 Å². The molecule has 1 aromatic heterocycles. The second-order valence-corrected chi connectivity index (χ2v) is 9.05. The minimum Gasteiger partial charge on any atom is -0.378 e. The van der Waals surface area contributed by atoms with Crippen LogP contribution in [0.2, 0.25) is 0 Å². The van der Waals surface area contributed by atoms with Gasteiger partial charge in [-0.15, -0.1) is 5.06 Å². The van der Waals surface area contributed by atoms with Crippen LogP contribution in [0.4, 0.5) is 23.1 Å². The Balaban J connectivity index is 1.32. The van der Waals surface area contributed by atoms with Crippen LogP contribution in [0, 0.1) is 5.41 Å². The van der Waals surface area contributed by atoms with Gasteiger partial charge in [0.05, 0.1) is 31.7 Å². The maximum atomic E-state index is 12.1. The number of benzene rings is 1. The van der Waals surface area contributed by atoms with Crippen LogP contribution < -0.4 is 15.1 Å². The van der Waals surface area contributed by atoms with Gasteiger partial charge in [0.1, 0.15) is 5.82 Å². The lowest BCUT2D eigenvalue weighted by atomic mass is 9.98. The van der Waals surface area contributed by atoms with Crippen LogP contribution in [0.25, 0.3) is 0 Å². The Morgan fingerprint density at radius 3 is 2.31 bits per heavy atom. The quantitative estimate of drug-likeness (QED) is 0.754. The van der Waals surface area contributed by atoms with Gasteiger partial charge in [0.15, 0.2) is 0 Å². The van der Waals surface area contributed by atoms with Crippen molar-refractivity contribution in [3.8, 4) is 0 Å². The Morgan fingerprint density at radius 1 is 0.969 bits per heavy atom. The first-order valence-electron chi connectivity index (χ1n) is 11.1. The van der Waals surface area contributed by atoms with Crippen molar-refractivity contribution in [3.05, 3.63) is 36.5 Å². The molecular formula is C23H32N6O3. The van der Waals surface area contributed by atoms with E-state index < -0.39 is 5.41 Å². The second kappa shape index (κ2) is 9.70. The zero-order valence-corrected chi connectivity index (χ0v) is 19.1. The molecule has 0 spiro atoms. The first-order valence-corrected chi connectivity index (χ1v) is 11.1. The first-order chi connectivity index (χ1) is 15.4. The number of hydroxylamine groups is 2. The molecule has 2 fully saturated rings. The fourth-order valence-corrected chi connectivity index (χ4v) is 3.55. The number of nitrogens with one attached hydrogen (secondary N) is 1. The van der Waals surface area contributed by atoms with Gasteiger partial charge in [-0.3, -0.25) is 0 Å². The fourth-order valence-electron chi connectivity index (χ4n) is 3.55. The van der Waals surface area contributed by atoms with Crippen LogP contribution in [0.3, 0.4) is 0 Å². The summed E-state index contributed by atoms with van der Waals surface area (Å²) in [6.07, 6.45) is 1.76. The van der Waals surface area contributed by atoms with E-state index in [0.29, 0.717) is 19.0 Å². The largest absolute Gasteiger partial charge is 0.378 e. The Bertz CT molecular complexity index is 901. The standard InChI is InChI=1S/C23H32N6O3/c1-23(2,3)21(30)32-29-12-10-28(11-13-29)20-8-9-24-22(26-20)25-18-4-6-19(7-5-18)27-14-16-31-17-15-27/h4-9H,10-17H2,1-3H3,(H,24,25,26). The van der Waals surface area contributed by atoms with E-state index in [4.69, 9.17) is 9.57 Å². The van der Waals surface area contributed by atoms with Gasteiger partial charge < -0.3 is 24.7 Å². The van der Waals surface area contributed by atoms with Crippen molar-refractivity contribution in [3.63, 3.8) is 0 Å². The van der Waals surface area contributed by atoms with Crippen LogP contribution in [0.15, 0.2) is 36.5 Å². The van der Waals surface area contributed by atoms with Crippen molar-refractivity contribution >= 4 is 29.1 Å². The highest BCUT2D eigenvalue weighted by molar-refractivity contribution is 5.75. The Hall–Kier alpha value is -2.91. The Labute approximate surface area is 189 Å². The third kappa shape index (κ3) is 5.66. The van der Waals surface area contributed by atoms with E-state index in [1.165, 1.54) is 5.69 Å². The van der Waals surface area contributed by atoms with Crippen molar-refractivity contribution in [2.24, 2.45) is 5.41 Å². The van der Waals surface area contributed by atoms with E-state index in [-0.39, 0.29) is 5.97 Å². The molecule has 0 atom stereocenters. The molecule has 0 saturated carbocycles. The SMILES string of the molecule is CC(C)(C)C(=O)ON1CCN(c2ccnc(Nc3ccc(N4CCOCC4)cc3)n2)CC1. The summed E-state index contributed by atoms with van der Waals surface area (Å²) in [5, 5.41) is 5.03. The van der Waals surface area contributed by atoms with Crippen molar-refractivity contribution in [2.45, 2.75) is 20.8 Å². The normalized spacial score (nSPS) is 17.8. The third-order valence-corrected chi connectivity index (χ3v) is 5.53. The molecule has 2 aliphatic rings. The van der Waals surface area contributed by atoms with Crippen molar-refractivity contribution < 1.29 is 14.4 Å². The average molecular weight is 441 g/mol. The number of morpholine rings is 1. The minimum absolute atomic E-state index is 0.209. The number of aromatic nitrogens is 2. The van der Waals surface area contributed by atoms with E-state index >= 15 is 0 Å². The first kappa shape index (κ1) is 22.3. The van der Waals surface area contributed by atoms with E-state index in [0.717, 1.165) is 50.9 Å². The topological polar surface area (TPSA) is 83.1 Å². The average Bonchev–Trinajstić information content (AvgIpc) is 2.80. The van der Waals surface area contributed by atoms with Gasteiger partial charge in [-0.05, 0) is 51.1 Å². The summed E-state index contributed by atoms with van der Waals surface area (Å²) in [5.74, 6) is 1.21. The van der Waals surface area contributed by atoms with E-state index in [1.54, 1.807) is 11.3 Å². The number of hydrogen-bond acceptors (Lipinski definition) is 9. The predicted octanol–water partition coefficient (Wildman–Crippen LogP) is 2.68. The Morgan fingerprint density at radius 2 is 1.66 bits per heavy atom.